The number of nitrogens with zero attached hydrogens (tertiary/aromatic N) is 1. The molecule has 1 aromatic carbocycles. The number of carbonyl (C=O) groups is 1. The van der Waals surface area contributed by atoms with Gasteiger partial charge < -0.3 is 20.1 Å². The van der Waals surface area contributed by atoms with Crippen LogP contribution in [0, 0.1) is 0 Å². The molecule has 6 heteroatoms. The number of amides is 1. The van der Waals surface area contributed by atoms with Gasteiger partial charge in [-0.25, -0.2) is 0 Å². The molecule has 128 valence electrons. The van der Waals surface area contributed by atoms with Gasteiger partial charge in [0.2, 0.25) is 0 Å². The van der Waals surface area contributed by atoms with Crippen LogP contribution in [-0.4, -0.2) is 31.2 Å². The summed E-state index contributed by atoms with van der Waals surface area (Å²) in [5.74, 6) is 1.06. The van der Waals surface area contributed by atoms with Gasteiger partial charge >= 0.3 is 0 Å². The van der Waals surface area contributed by atoms with Gasteiger partial charge in [0.15, 0.2) is 11.5 Å². The molecule has 1 aromatic heterocycles. The first-order valence-corrected chi connectivity index (χ1v) is 7.75. The maximum Gasteiger partial charge on any atom is 0.270 e. The van der Waals surface area contributed by atoms with Gasteiger partial charge in [-0.15, -0.1) is 0 Å². The third-order valence-corrected chi connectivity index (χ3v) is 3.35. The van der Waals surface area contributed by atoms with E-state index in [4.69, 9.17) is 9.47 Å². The highest BCUT2D eigenvalue weighted by Crippen LogP contribution is 2.27. The Morgan fingerprint density at radius 3 is 2.54 bits per heavy atom. The summed E-state index contributed by atoms with van der Waals surface area (Å²) in [6.45, 7) is 4.46. The van der Waals surface area contributed by atoms with Gasteiger partial charge in [0.25, 0.3) is 5.91 Å². The van der Waals surface area contributed by atoms with Crippen LogP contribution in [0.3, 0.4) is 0 Å². The highest BCUT2D eigenvalue weighted by Gasteiger charge is 2.10. The van der Waals surface area contributed by atoms with Gasteiger partial charge in [0, 0.05) is 24.5 Å². The van der Waals surface area contributed by atoms with Gasteiger partial charge in [0.05, 0.1) is 14.2 Å². The van der Waals surface area contributed by atoms with Crippen molar-refractivity contribution in [3.63, 3.8) is 0 Å². The van der Waals surface area contributed by atoms with Crippen molar-refractivity contribution < 1.29 is 14.3 Å². The van der Waals surface area contributed by atoms with Crippen molar-refractivity contribution in [2.75, 3.05) is 19.5 Å². The summed E-state index contributed by atoms with van der Waals surface area (Å²) in [5.41, 5.74) is 2.16. The van der Waals surface area contributed by atoms with Crippen LogP contribution in [0.4, 0.5) is 5.69 Å². The summed E-state index contributed by atoms with van der Waals surface area (Å²) in [4.78, 5) is 16.4. The van der Waals surface area contributed by atoms with E-state index < -0.39 is 0 Å². The van der Waals surface area contributed by atoms with Crippen molar-refractivity contribution in [3.8, 4) is 11.5 Å². The average molecular weight is 329 g/mol. The molecule has 0 spiro atoms. The third kappa shape index (κ3) is 4.62. The lowest BCUT2D eigenvalue weighted by molar-refractivity contribution is 0.0946. The number of pyridine rings is 1. The summed E-state index contributed by atoms with van der Waals surface area (Å²) < 4.78 is 10.5. The lowest BCUT2D eigenvalue weighted by Crippen LogP contribution is -2.24. The highest BCUT2D eigenvalue weighted by atomic mass is 16.5. The lowest BCUT2D eigenvalue weighted by Gasteiger charge is -2.12. The van der Waals surface area contributed by atoms with Crippen LogP contribution in [0.2, 0.25) is 0 Å². The molecule has 1 heterocycles. The highest BCUT2D eigenvalue weighted by molar-refractivity contribution is 5.93. The number of ether oxygens (including phenoxy) is 2. The van der Waals surface area contributed by atoms with Gasteiger partial charge in [-0.1, -0.05) is 6.07 Å². The second-order valence-corrected chi connectivity index (χ2v) is 5.60. The largest absolute Gasteiger partial charge is 0.493 e. The molecule has 24 heavy (non-hydrogen) atoms. The first-order chi connectivity index (χ1) is 11.5. The predicted molar refractivity (Wildman–Crippen MR) is 93.7 cm³/mol. The zero-order valence-corrected chi connectivity index (χ0v) is 14.4. The topological polar surface area (TPSA) is 72.5 Å². The van der Waals surface area contributed by atoms with Crippen LogP contribution in [0.5, 0.6) is 11.5 Å². The van der Waals surface area contributed by atoms with E-state index in [-0.39, 0.29) is 11.9 Å². The second-order valence-electron chi connectivity index (χ2n) is 5.60. The number of hydrogen-bond donors (Lipinski definition) is 2. The summed E-state index contributed by atoms with van der Waals surface area (Å²) in [6, 6.07) is 9.39. The molecule has 0 aliphatic rings. The molecule has 0 bridgehead atoms. The Balaban J connectivity index is 2.03. The van der Waals surface area contributed by atoms with Gasteiger partial charge in [0.1, 0.15) is 5.69 Å². The van der Waals surface area contributed by atoms with E-state index in [0.717, 1.165) is 11.3 Å². The van der Waals surface area contributed by atoms with Gasteiger partial charge in [-0.2, -0.15) is 0 Å². The third-order valence-electron chi connectivity index (χ3n) is 3.35. The van der Waals surface area contributed by atoms with Crippen LogP contribution < -0.4 is 20.1 Å². The predicted octanol–water partition coefficient (Wildman–Crippen LogP) is 2.85. The number of rotatable bonds is 7. The summed E-state index contributed by atoms with van der Waals surface area (Å²) >= 11 is 0. The fraction of sp³-hybridized carbons (Fsp3) is 0.333. The van der Waals surface area contributed by atoms with Crippen LogP contribution >= 0.6 is 0 Å². The SMILES string of the molecule is COc1ccc(CNC(=O)c2cc(NC(C)C)ccn2)cc1OC. The molecule has 0 radical (unpaired) electrons. The Morgan fingerprint density at radius 2 is 1.88 bits per heavy atom. The van der Waals surface area contributed by atoms with E-state index in [1.54, 1.807) is 26.5 Å². The second kappa shape index (κ2) is 8.19. The Bertz CT molecular complexity index is 702. The summed E-state index contributed by atoms with van der Waals surface area (Å²) in [5, 5.41) is 6.11. The van der Waals surface area contributed by atoms with E-state index in [1.807, 2.05) is 38.1 Å². The fourth-order valence-corrected chi connectivity index (χ4v) is 2.24. The molecular weight excluding hydrogens is 306 g/mol. The van der Waals surface area contributed by atoms with E-state index in [0.29, 0.717) is 23.7 Å². The van der Waals surface area contributed by atoms with Gasteiger partial charge in [-0.3, -0.25) is 9.78 Å². The number of anilines is 1. The first kappa shape index (κ1) is 17.6. The van der Waals surface area contributed by atoms with E-state index in [2.05, 4.69) is 15.6 Å². The Kier molecular flexibility index (Phi) is 6.01. The van der Waals surface area contributed by atoms with Crippen molar-refractivity contribution in [3.05, 3.63) is 47.8 Å². The minimum atomic E-state index is -0.225. The quantitative estimate of drug-likeness (QED) is 0.817. The number of benzene rings is 1. The van der Waals surface area contributed by atoms with Crippen molar-refractivity contribution in [2.24, 2.45) is 0 Å². The molecule has 0 atom stereocenters. The van der Waals surface area contributed by atoms with E-state index >= 15 is 0 Å². The molecule has 2 N–H and O–H groups in total. The molecule has 6 nitrogen and oxygen atoms in total. The monoisotopic (exact) mass is 329 g/mol. The minimum Gasteiger partial charge on any atom is -0.493 e. The van der Waals surface area contributed by atoms with Crippen LogP contribution in [0.25, 0.3) is 0 Å². The van der Waals surface area contributed by atoms with Crippen LogP contribution in [0.15, 0.2) is 36.5 Å². The van der Waals surface area contributed by atoms with Crippen molar-refractivity contribution in [1.82, 2.24) is 10.3 Å². The molecule has 0 unspecified atom stereocenters. The Labute approximate surface area is 142 Å². The number of aromatic nitrogens is 1. The molecule has 1 amide bonds. The standard InChI is InChI=1S/C18H23N3O3/c1-12(2)21-14-7-8-19-15(10-14)18(22)20-11-13-5-6-16(23-3)17(9-13)24-4/h5-10,12H,11H2,1-4H3,(H,19,21)(H,20,22). The summed E-state index contributed by atoms with van der Waals surface area (Å²) in [7, 11) is 3.17. The van der Waals surface area contributed by atoms with Gasteiger partial charge in [-0.05, 0) is 43.7 Å². The number of nitrogens with one attached hydrogen (secondary N) is 2. The number of methoxy groups -OCH3 is 2. The normalized spacial score (nSPS) is 10.4. The smallest absolute Gasteiger partial charge is 0.270 e. The average Bonchev–Trinajstić information content (AvgIpc) is 2.59. The number of carbonyl (C=O) groups excluding carboxylic acids is 1. The zero-order chi connectivity index (χ0) is 17.5. The Morgan fingerprint density at radius 1 is 1.12 bits per heavy atom. The van der Waals surface area contributed by atoms with Crippen molar-refractivity contribution in [1.29, 1.82) is 0 Å². The molecular formula is C18H23N3O3. The maximum absolute atomic E-state index is 12.3. The lowest BCUT2D eigenvalue weighted by atomic mass is 10.2. The fourth-order valence-electron chi connectivity index (χ4n) is 2.24. The zero-order valence-electron chi connectivity index (χ0n) is 14.4. The number of hydrogen-bond acceptors (Lipinski definition) is 5. The van der Waals surface area contributed by atoms with E-state index in [9.17, 15) is 4.79 Å². The maximum atomic E-state index is 12.3. The van der Waals surface area contributed by atoms with Crippen molar-refractivity contribution >= 4 is 11.6 Å². The minimum absolute atomic E-state index is 0.225. The molecule has 0 fully saturated rings. The molecule has 2 aromatic rings. The molecule has 0 aliphatic carbocycles. The van der Waals surface area contributed by atoms with Crippen LogP contribution in [-0.2, 0) is 6.54 Å². The molecule has 0 aliphatic heterocycles. The van der Waals surface area contributed by atoms with Crippen LogP contribution in [0.1, 0.15) is 29.9 Å². The van der Waals surface area contributed by atoms with E-state index in [1.165, 1.54) is 0 Å². The van der Waals surface area contributed by atoms with Crippen molar-refractivity contribution in [2.45, 2.75) is 26.4 Å². The first-order valence-electron chi connectivity index (χ1n) is 7.75. The molecule has 2 rings (SSSR count). The molecule has 0 saturated carbocycles. The Hall–Kier alpha value is -2.76. The summed E-state index contributed by atoms with van der Waals surface area (Å²) in [6.07, 6.45) is 1.62. The molecule has 0 saturated heterocycles.